The van der Waals surface area contributed by atoms with E-state index in [2.05, 4.69) is 17.5 Å². The van der Waals surface area contributed by atoms with Crippen molar-refractivity contribution in [1.29, 1.82) is 0 Å². The van der Waals surface area contributed by atoms with Crippen LogP contribution in [0.15, 0.2) is 12.2 Å². The fraction of sp³-hybridized carbons (Fsp3) is 0.769. The Hall–Kier alpha value is -0.630. The minimum Gasteiger partial charge on any atom is -0.309 e. The highest BCUT2D eigenvalue weighted by Gasteiger charge is 2.43. The number of hydrogen-bond acceptors (Lipinski definition) is 2. The zero-order valence-corrected chi connectivity index (χ0v) is 9.11. The third-order valence-electron chi connectivity index (χ3n) is 4.31. The van der Waals surface area contributed by atoms with Crippen LogP contribution in [-0.2, 0) is 4.79 Å². The highest BCUT2D eigenvalue weighted by atomic mass is 16.1. The van der Waals surface area contributed by atoms with Gasteiger partial charge in [-0.25, -0.2) is 0 Å². The molecule has 82 valence electrons. The average Bonchev–Trinajstić information content (AvgIpc) is 2.30. The van der Waals surface area contributed by atoms with Crippen molar-refractivity contribution in [2.24, 2.45) is 11.8 Å². The number of fused-ring (bicyclic) bond motifs is 2. The first-order valence-corrected chi connectivity index (χ1v) is 6.33. The van der Waals surface area contributed by atoms with Crippen LogP contribution in [0.5, 0.6) is 0 Å². The van der Waals surface area contributed by atoms with E-state index in [9.17, 15) is 4.79 Å². The molecule has 1 heterocycles. The average molecular weight is 205 g/mol. The lowest BCUT2D eigenvalue weighted by molar-refractivity contribution is -0.131. The van der Waals surface area contributed by atoms with Crippen LogP contribution in [0.4, 0.5) is 0 Å². The summed E-state index contributed by atoms with van der Waals surface area (Å²) in [4.78, 5) is 12.3. The summed E-state index contributed by atoms with van der Waals surface area (Å²) in [5.74, 6) is 1.04. The van der Waals surface area contributed by atoms with E-state index in [1.54, 1.807) is 0 Å². The molecule has 2 fully saturated rings. The smallest absolute Gasteiger partial charge is 0.145 e. The van der Waals surface area contributed by atoms with Crippen LogP contribution in [0.25, 0.3) is 0 Å². The first kappa shape index (κ1) is 9.59. The number of carbonyl (C=O) groups excluding carboxylic acids is 1. The van der Waals surface area contributed by atoms with Gasteiger partial charge < -0.3 is 5.32 Å². The van der Waals surface area contributed by atoms with E-state index < -0.39 is 0 Å². The summed E-state index contributed by atoms with van der Waals surface area (Å²) in [6.45, 7) is 0. The van der Waals surface area contributed by atoms with Gasteiger partial charge in [0.1, 0.15) is 5.78 Å². The zero-order valence-electron chi connectivity index (χ0n) is 9.11. The minimum absolute atomic E-state index is 0.193. The molecule has 4 unspecified atom stereocenters. The molecule has 0 spiro atoms. The lowest BCUT2D eigenvalue weighted by Gasteiger charge is -2.44. The van der Waals surface area contributed by atoms with E-state index in [1.807, 2.05) is 0 Å². The molecule has 1 aliphatic heterocycles. The molecule has 2 nitrogen and oxygen atoms in total. The van der Waals surface area contributed by atoms with Crippen molar-refractivity contribution >= 4 is 5.78 Å². The molecule has 0 aromatic carbocycles. The van der Waals surface area contributed by atoms with Crippen LogP contribution < -0.4 is 5.32 Å². The maximum absolute atomic E-state index is 12.3. The van der Waals surface area contributed by atoms with Gasteiger partial charge in [-0.2, -0.15) is 0 Å². The second kappa shape index (κ2) is 3.75. The van der Waals surface area contributed by atoms with Crippen molar-refractivity contribution in [3.63, 3.8) is 0 Å². The van der Waals surface area contributed by atoms with Gasteiger partial charge in [-0.05, 0) is 25.7 Å². The molecular formula is C13H19NO. The molecule has 2 heteroatoms. The zero-order chi connectivity index (χ0) is 10.3. The predicted molar refractivity (Wildman–Crippen MR) is 59.5 cm³/mol. The van der Waals surface area contributed by atoms with E-state index in [0.29, 0.717) is 23.8 Å². The highest BCUT2D eigenvalue weighted by molar-refractivity contribution is 5.87. The normalized spacial score (nSPS) is 44.7. The van der Waals surface area contributed by atoms with Crippen LogP contribution in [0, 0.1) is 11.8 Å². The molecule has 0 bridgehead atoms. The van der Waals surface area contributed by atoms with E-state index in [-0.39, 0.29) is 5.92 Å². The molecule has 1 saturated carbocycles. The van der Waals surface area contributed by atoms with Crippen molar-refractivity contribution in [1.82, 2.24) is 5.32 Å². The van der Waals surface area contributed by atoms with Gasteiger partial charge in [0.2, 0.25) is 0 Å². The molecule has 0 amide bonds. The summed E-state index contributed by atoms with van der Waals surface area (Å²) >= 11 is 0. The van der Waals surface area contributed by atoms with Crippen LogP contribution in [0.1, 0.15) is 38.5 Å². The molecule has 15 heavy (non-hydrogen) atoms. The Morgan fingerprint density at radius 2 is 2.00 bits per heavy atom. The van der Waals surface area contributed by atoms with E-state index >= 15 is 0 Å². The molecule has 1 saturated heterocycles. The number of allylic oxidation sites excluding steroid dienone is 1. The van der Waals surface area contributed by atoms with Gasteiger partial charge in [0.05, 0.1) is 5.92 Å². The number of carbonyl (C=O) groups is 1. The monoisotopic (exact) mass is 205 g/mol. The molecule has 0 radical (unpaired) electrons. The second-order valence-electron chi connectivity index (χ2n) is 5.20. The molecule has 2 aliphatic carbocycles. The number of ketones is 1. The van der Waals surface area contributed by atoms with Crippen molar-refractivity contribution in [2.75, 3.05) is 0 Å². The third-order valence-corrected chi connectivity index (χ3v) is 4.31. The summed E-state index contributed by atoms with van der Waals surface area (Å²) in [7, 11) is 0. The van der Waals surface area contributed by atoms with Crippen LogP contribution in [0.3, 0.4) is 0 Å². The molecule has 1 N–H and O–H groups in total. The summed E-state index contributed by atoms with van der Waals surface area (Å²) in [5, 5.41) is 3.72. The van der Waals surface area contributed by atoms with Gasteiger partial charge in [0.25, 0.3) is 0 Å². The largest absolute Gasteiger partial charge is 0.309 e. The molecule has 4 atom stereocenters. The number of Topliss-reactive ketones (excluding diaryl/α,β-unsaturated/α-hetero) is 1. The minimum atomic E-state index is 0.193. The molecule has 0 aromatic rings. The first-order chi connectivity index (χ1) is 7.36. The number of nitrogens with one attached hydrogen (secondary N) is 1. The highest BCUT2D eigenvalue weighted by Crippen LogP contribution is 2.35. The first-order valence-electron chi connectivity index (χ1n) is 6.33. The van der Waals surface area contributed by atoms with Gasteiger partial charge in [-0.3, -0.25) is 4.79 Å². The molecular weight excluding hydrogens is 186 g/mol. The molecule has 3 aliphatic rings. The van der Waals surface area contributed by atoms with Crippen molar-refractivity contribution < 1.29 is 4.79 Å². The Morgan fingerprint density at radius 3 is 2.93 bits per heavy atom. The van der Waals surface area contributed by atoms with Gasteiger partial charge in [0.15, 0.2) is 0 Å². The maximum atomic E-state index is 12.3. The fourth-order valence-electron chi connectivity index (χ4n) is 3.51. The quantitative estimate of drug-likeness (QED) is 0.613. The van der Waals surface area contributed by atoms with Crippen molar-refractivity contribution in [3.8, 4) is 0 Å². The van der Waals surface area contributed by atoms with Crippen LogP contribution >= 0.6 is 0 Å². The second-order valence-corrected chi connectivity index (χ2v) is 5.20. The Bertz CT molecular complexity index is 297. The standard InChI is InChI=1S/C13H19NO/c15-13-9-5-1-3-7-11(9)14-12-8-4-2-6-10(12)13/h1,5,9-12,14H,2-4,6-8H2. The SMILES string of the molecule is O=C1C2C=CCCC2NC2CCCCC12. The molecule has 0 aromatic heterocycles. The van der Waals surface area contributed by atoms with Gasteiger partial charge in [-0.1, -0.05) is 25.0 Å². The van der Waals surface area contributed by atoms with Gasteiger partial charge >= 0.3 is 0 Å². The number of hydrogen-bond donors (Lipinski definition) is 1. The molecule has 3 rings (SSSR count). The van der Waals surface area contributed by atoms with Crippen molar-refractivity contribution in [3.05, 3.63) is 12.2 Å². The van der Waals surface area contributed by atoms with E-state index in [4.69, 9.17) is 0 Å². The fourth-order valence-corrected chi connectivity index (χ4v) is 3.51. The Labute approximate surface area is 91.1 Å². The van der Waals surface area contributed by atoms with E-state index in [1.165, 1.54) is 19.3 Å². The summed E-state index contributed by atoms with van der Waals surface area (Å²) in [5.41, 5.74) is 0. The Morgan fingerprint density at radius 1 is 1.13 bits per heavy atom. The summed E-state index contributed by atoms with van der Waals surface area (Å²) in [6.07, 6.45) is 11.5. The summed E-state index contributed by atoms with van der Waals surface area (Å²) < 4.78 is 0. The Balaban J connectivity index is 1.84. The maximum Gasteiger partial charge on any atom is 0.145 e. The number of rotatable bonds is 0. The van der Waals surface area contributed by atoms with Crippen molar-refractivity contribution in [2.45, 2.75) is 50.6 Å². The van der Waals surface area contributed by atoms with Gasteiger partial charge in [-0.15, -0.1) is 0 Å². The topological polar surface area (TPSA) is 29.1 Å². The van der Waals surface area contributed by atoms with Gasteiger partial charge in [0, 0.05) is 18.0 Å². The van der Waals surface area contributed by atoms with E-state index in [0.717, 1.165) is 19.3 Å². The predicted octanol–water partition coefficient (Wildman–Crippen LogP) is 2.05. The lowest BCUT2D eigenvalue weighted by atomic mass is 9.70. The third kappa shape index (κ3) is 1.55. The Kier molecular flexibility index (Phi) is 2.39. The number of piperidine rings is 1. The lowest BCUT2D eigenvalue weighted by Crippen LogP contribution is -2.58. The van der Waals surface area contributed by atoms with Crippen LogP contribution in [-0.4, -0.2) is 17.9 Å². The van der Waals surface area contributed by atoms with Crippen LogP contribution in [0.2, 0.25) is 0 Å². The summed E-state index contributed by atoms with van der Waals surface area (Å²) in [6, 6.07) is 0.945.